The molecule has 1 saturated heterocycles. The number of anilines is 1. The monoisotopic (exact) mass is 326 g/mol. The summed E-state index contributed by atoms with van der Waals surface area (Å²) in [6, 6.07) is 4.67. The molecule has 0 N–H and O–H groups in total. The summed E-state index contributed by atoms with van der Waals surface area (Å²) >= 11 is 0. The van der Waals surface area contributed by atoms with Gasteiger partial charge in [0, 0.05) is 51.5 Å². The van der Waals surface area contributed by atoms with E-state index < -0.39 is 0 Å². The molecule has 2 aromatic rings. The first-order chi connectivity index (χ1) is 11.7. The minimum absolute atomic E-state index is 0.508. The number of nitrogens with zero attached hydrogens (tertiary/aromatic N) is 6. The van der Waals surface area contributed by atoms with Crippen molar-refractivity contribution in [3.63, 3.8) is 0 Å². The van der Waals surface area contributed by atoms with Crippen molar-refractivity contribution in [3.05, 3.63) is 36.0 Å². The molecule has 4 rings (SSSR count). The summed E-state index contributed by atoms with van der Waals surface area (Å²) < 4.78 is 1.97. The fourth-order valence-electron chi connectivity index (χ4n) is 3.56. The van der Waals surface area contributed by atoms with E-state index in [-0.39, 0.29) is 0 Å². The molecule has 128 valence electrons. The Balaban J connectivity index is 1.43. The lowest BCUT2D eigenvalue weighted by Crippen LogP contribution is -2.46. The number of aromatic nitrogens is 4. The highest BCUT2D eigenvalue weighted by Crippen LogP contribution is 2.38. The van der Waals surface area contributed by atoms with Crippen molar-refractivity contribution in [1.29, 1.82) is 0 Å². The Bertz CT molecular complexity index is 692. The summed E-state index contributed by atoms with van der Waals surface area (Å²) in [6.07, 6.45) is 8.74. The zero-order valence-corrected chi connectivity index (χ0v) is 14.6. The Hall–Kier alpha value is -1.95. The highest BCUT2D eigenvalue weighted by atomic mass is 15.3. The van der Waals surface area contributed by atoms with Crippen LogP contribution in [0.4, 0.5) is 5.82 Å². The first-order valence-electron chi connectivity index (χ1n) is 8.95. The average molecular weight is 326 g/mol. The maximum Gasteiger partial charge on any atom is 0.133 e. The van der Waals surface area contributed by atoms with Gasteiger partial charge in [-0.2, -0.15) is 5.10 Å². The molecule has 1 saturated carbocycles. The number of hydrogen-bond acceptors (Lipinski definition) is 5. The van der Waals surface area contributed by atoms with Crippen LogP contribution in [0.3, 0.4) is 0 Å². The molecular formula is C18H26N6. The second kappa shape index (κ2) is 6.51. The van der Waals surface area contributed by atoms with Crippen molar-refractivity contribution in [1.82, 2.24) is 24.6 Å². The third kappa shape index (κ3) is 3.29. The molecular weight excluding hydrogens is 300 g/mol. The third-order valence-corrected chi connectivity index (χ3v) is 5.30. The first-order valence-corrected chi connectivity index (χ1v) is 8.95. The number of hydrogen-bond donors (Lipinski definition) is 0. The Kier molecular flexibility index (Phi) is 4.22. The zero-order chi connectivity index (χ0) is 16.5. The van der Waals surface area contributed by atoms with E-state index in [0.717, 1.165) is 31.3 Å². The summed E-state index contributed by atoms with van der Waals surface area (Å²) in [6.45, 7) is 3.20. The highest BCUT2D eigenvalue weighted by molar-refractivity contribution is 5.38. The van der Waals surface area contributed by atoms with Gasteiger partial charge >= 0.3 is 0 Å². The fourth-order valence-corrected chi connectivity index (χ4v) is 3.56. The van der Waals surface area contributed by atoms with Crippen LogP contribution in [-0.4, -0.2) is 50.8 Å². The molecule has 0 amide bonds. The van der Waals surface area contributed by atoms with E-state index in [1.54, 1.807) is 0 Å². The predicted octanol–water partition coefficient (Wildman–Crippen LogP) is 2.19. The van der Waals surface area contributed by atoms with Crippen LogP contribution in [0.25, 0.3) is 0 Å². The molecule has 3 heterocycles. The van der Waals surface area contributed by atoms with E-state index in [1.165, 1.54) is 31.4 Å². The van der Waals surface area contributed by atoms with Crippen molar-refractivity contribution >= 4 is 5.82 Å². The molecule has 1 unspecified atom stereocenters. The Labute approximate surface area is 143 Å². The summed E-state index contributed by atoms with van der Waals surface area (Å²) in [5.74, 6) is 2.70. The average Bonchev–Trinajstić information content (AvgIpc) is 3.39. The third-order valence-electron chi connectivity index (χ3n) is 5.30. The highest BCUT2D eigenvalue weighted by Gasteiger charge is 2.28. The predicted molar refractivity (Wildman–Crippen MR) is 93.9 cm³/mol. The standard InChI is InChI=1S/C18H26N6/c1-22(17-8-9-19-18(21-17)14-5-6-14)15-4-3-11-24(12-15)13-16-7-10-20-23(16)2/h7-10,14-15H,3-6,11-13H2,1-2H3. The van der Waals surface area contributed by atoms with E-state index in [1.807, 2.05) is 30.2 Å². The van der Waals surface area contributed by atoms with Crippen LogP contribution < -0.4 is 4.90 Å². The van der Waals surface area contributed by atoms with Crippen LogP contribution in [0.2, 0.25) is 0 Å². The zero-order valence-electron chi connectivity index (χ0n) is 14.6. The maximum absolute atomic E-state index is 4.81. The molecule has 0 aromatic carbocycles. The van der Waals surface area contributed by atoms with Gasteiger partial charge in [-0.15, -0.1) is 0 Å². The quantitative estimate of drug-likeness (QED) is 0.843. The molecule has 1 aliphatic carbocycles. The SMILES string of the molecule is CN(c1ccnc(C2CC2)n1)C1CCCN(Cc2ccnn2C)C1. The topological polar surface area (TPSA) is 50.1 Å². The number of piperidine rings is 1. The van der Waals surface area contributed by atoms with Gasteiger partial charge in [-0.1, -0.05) is 0 Å². The molecule has 24 heavy (non-hydrogen) atoms. The van der Waals surface area contributed by atoms with E-state index in [9.17, 15) is 0 Å². The molecule has 1 aliphatic heterocycles. The van der Waals surface area contributed by atoms with E-state index >= 15 is 0 Å². The molecule has 2 aromatic heterocycles. The van der Waals surface area contributed by atoms with Gasteiger partial charge in [-0.05, 0) is 44.4 Å². The van der Waals surface area contributed by atoms with E-state index in [0.29, 0.717) is 12.0 Å². The van der Waals surface area contributed by atoms with Crippen molar-refractivity contribution in [2.75, 3.05) is 25.0 Å². The second-order valence-corrected chi connectivity index (χ2v) is 7.14. The van der Waals surface area contributed by atoms with Crippen LogP contribution in [0.1, 0.15) is 43.1 Å². The van der Waals surface area contributed by atoms with Crippen molar-refractivity contribution in [3.8, 4) is 0 Å². The molecule has 6 heteroatoms. The lowest BCUT2D eigenvalue weighted by molar-refractivity contribution is 0.194. The van der Waals surface area contributed by atoms with Gasteiger partial charge < -0.3 is 4.90 Å². The van der Waals surface area contributed by atoms with Gasteiger partial charge in [0.15, 0.2) is 0 Å². The van der Waals surface area contributed by atoms with Gasteiger partial charge in [0.1, 0.15) is 11.6 Å². The fraction of sp³-hybridized carbons (Fsp3) is 0.611. The summed E-state index contributed by atoms with van der Waals surface area (Å²) in [5, 5.41) is 4.28. The lowest BCUT2D eigenvalue weighted by Gasteiger charge is -2.38. The molecule has 0 radical (unpaired) electrons. The largest absolute Gasteiger partial charge is 0.355 e. The van der Waals surface area contributed by atoms with Crippen molar-refractivity contribution in [2.45, 2.75) is 44.2 Å². The molecule has 6 nitrogen and oxygen atoms in total. The van der Waals surface area contributed by atoms with Gasteiger partial charge in [0.05, 0.1) is 5.69 Å². The molecule has 1 atom stereocenters. The minimum atomic E-state index is 0.508. The summed E-state index contributed by atoms with van der Waals surface area (Å²) in [5.41, 5.74) is 1.27. The van der Waals surface area contributed by atoms with Crippen LogP contribution in [-0.2, 0) is 13.6 Å². The molecule has 2 fully saturated rings. The number of rotatable bonds is 5. The van der Waals surface area contributed by atoms with Crippen LogP contribution in [0.5, 0.6) is 0 Å². The lowest BCUT2D eigenvalue weighted by atomic mass is 10.0. The molecule has 0 spiro atoms. The number of likely N-dealkylation sites (N-methyl/N-ethyl adjacent to an activating group) is 1. The first kappa shape index (κ1) is 15.6. The number of likely N-dealkylation sites (tertiary alicyclic amines) is 1. The van der Waals surface area contributed by atoms with E-state index in [4.69, 9.17) is 4.98 Å². The Morgan fingerprint density at radius 1 is 1.21 bits per heavy atom. The molecule has 0 bridgehead atoms. The summed E-state index contributed by atoms with van der Waals surface area (Å²) in [4.78, 5) is 14.1. The van der Waals surface area contributed by atoms with Gasteiger partial charge in [-0.25, -0.2) is 9.97 Å². The van der Waals surface area contributed by atoms with Crippen LogP contribution in [0.15, 0.2) is 24.5 Å². The molecule has 2 aliphatic rings. The van der Waals surface area contributed by atoms with Crippen LogP contribution in [0, 0.1) is 0 Å². The van der Waals surface area contributed by atoms with Gasteiger partial charge in [-0.3, -0.25) is 9.58 Å². The normalized spacial score (nSPS) is 21.8. The van der Waals surface area contributed by atoms with Crippen LogP contribution >= 0.6 is 0 Å². The van der Waals surface area contributed by atoms with Gasteiger partial charge in [0.25, 0.3) is 0 Å². The summed E-state index contributed by atoms with van der Waals surface area (Å²) in [7, 11) is 4.19. The van der Waals surface area contributed by atoms with Crippen molar-refractivity contribution < 1.29 is 0 Å². The van der Waals surface area contributed by atoms with Crippen molar-refractivity contribution in [2.24, 2.45) is 7.05 Å². The smallest absolute Gasteiger partial charge is 0.133 e. The Morgan fingerprint density at radius 2 is 2.08 bits per heavy atom. The number of aryl methyl sites for hydroxylation is 1. The minimum Gasteiger partial charge on any atom is -0.355 e. The Morgan fingerprint density at radius 3 is 2.83 bits per heavy atom. The van der Waals surface area contributed by atoms with E-state index in [2.05, 4.69) is 33.0 Å². The van der Waals surface area contributed by atoms with Gasteiger partial charge in [0.2, 0.25) is 0 Å². The maximum atomic E-state index is 4.81. The second-order valence-electron chi connectivity index (χ2n) is 7.14.